The Morgan fingerprint density at radius 3 is 2.42 bits per heavy atom. The van der Waals surface area contributed by atoms with Crippen LogP contribution in [0.1, 0.15) is 32.3 Å². The van der Waals surface area contributed by atoms with Crippen LogP contribution in [0, 0.1) is 5.92 Å². The van der Waals surface area contributed by atoms with Crippen molar-refractivity contribution in [1.29, 1.82) is 0 Å². The number of carbonyl (C=O) groups excluding carboxylic acids is 1. The van der Waals surface area contributed by atoms with Crippen molar-refractivity contribution in [2.24, 2.45) is 11.7 Å². The molecule has 19 heavy (non-hydrogen) atoms. The van der Waals surface area contributed by atoms with Crippen LogP contribution in [-0.2, 0) is 11.2 Å². The van der Waals surface area contributed by atoms with Crippen molar-refractivity contribution >= 4 is 5.91 Å². The normalized spacial score (nSPS) is 12.5. The fourth-order valence-corrected chi connectivity index (χ4v) is 1.94. The van der Waals surface area contributed by atoms with Crippen LogP contribution in [0.15, 0.2) is 30.3 Å². The smallest absolute Gasteiger partial charge is 0.239 e. The molecule has 0 unspecified atom stereocenters. The van der Waals surface area contributed by atoms with E-state index >= 15 is 0 Å². The largest absolute Gasteiger partial charge is 0.344 e. The van der Waals surface area contributed by atoms with Crippen molar-refractivity contribution in [3.05, 3.63) is 35.9 Å². The lowest BCUT2D eigenvalue weighted by Crippen LogP contribution is -2.42. The maximum atomic E-state index is 12.1. The van der Waals surface area contributed by atoms with Crippen molar-refractivity contribution in [3.8, 4) is 0 Å². The molecule has 1 aromatic carbocycles. The highest BCUT2D eigenvalue weighted by molar-refractivity contribution is 5.81. The summed E-state index contributed by atoms with van der Waals surface area (Å²) in [5.41, 5.74) is 7.21. The molecule has 1 rings (SSSR count). The second-order valence-electron chi connectivity index (χ2n) is 5.57. The average Bonchev–Trinajstić information content (AvgIpc) is 2.42. The van der Waals surface area contributed by atoms with Crippen LogP contribution >= 0.6 is 0 Å². The Labute approximate surface area is 116 Å². The first-order valence-electron chi connectivity index (χ1n) is 7.05. The van der Waals surface area contributed by atoms with Gasteiger partial charge in [-0.3, -0.25) is 4.79 Å². The minimum absolute atomic E-state index is 0.0524. The highest BCUT2D eigenvalue weighted by Crippen LogP contribution is 2.07. The lowest BCUT2D eigenvalue weighted by atomic mass is 10.0. The van der Waals surface area contributed by atoms with Crippen LogP contribution in [0.25, 0.3) is 0 Å². The lowest BCUT2D eigenvalue weighted by molar-refractivity contribution is -0.131. The van der Waals surface area contributed by atoms with E-state index in [0.29, 0.717) is 12.3 Å². The van der Waals surface area contributed by atoms with E-state index in [4.69, 9.17) is 5.73 Å². The third-order valence-corrected chi connectivity index (χ3v) is 3.32. The molecule has 0 fully saturated rings. The van der Waals surface area contributed by atoms with Gasteiger partial charge in [0, 0.05) is 13.6 Å². The standard InChI is InChI=1S/C16H26N2O/c1-13(2)11-12-18(3)16(19)15(17)10-9-14-7-5-4-6-8-14/h4-8,13,15H,9-12,17H2,1-3H3/t15-/m0/s1. The Hall–Kier alpha value is -1.35. The van der Waals surface area contributed by atoms with Crippen molar-refractivity contribution in [3.63, 3.8) is 0 Å². The molecule has 0 radical (unpaired) electrons. The maximum absolute atomic E-state index is 12.1. The molecule has 0 aliphatic heterocycles. The van der Waals surface area contributed by atoms with Gasteiger partial charge < -0.3 is 10.6 Å². The molecule has 106 valence electrons. The molecule has 1 atom stereocenters. The monoisotopic (exact) mass is 262 g/mol. The van der Waals surface area contributed by atoms with Gasteiger partial charge in [0.05, 0.1) is 6.04 Å². The number of hydrogen-bond donors (Lipinski definition) is 1. The first-order chi connectivity index (χ1) is 9.00. The van der Waals surface area contributed by atoms with Crippen LogP contribution < -0.4 is 5.73 Å². The van der Waals surface area contributed by atoms with E-state index in [9.17, 15) is 4.79 Å². The van der Waals surface area contributed by atoms with E-state index in [0.717, 1.165) is 19.4 Å². The summed E-state index contributed by atoms with van der Waals surface area (Å²) in [6.07, 6.45) is 2.58. The topological polar surface area (TPSA) is 46.3 Å². The summed E-state index contributed by atoms with van der Waals surface area (Å²) in [7, 11) is 1.84. The molecule has 3 heteroatoms. The molecule has 0 saturated carbocycles. The van der Waals surface area contributed by atoms with Gasteiger partial charge in [-0.05, 0) is 30.7 Å². The second kappa shape index (κ2) is 7.95. The highest BCUT2D eigenvalue weighted by atomic mass is 16.2. The number of rotatable bonds is 7. The molecule has 0 saturated heterocycles. The highest BCUT2D eigenvalue weighted by Gasteiger charge is 2.17. The molecule has 3 nitrogen and oxygen atoms in total. The molecule has 2 N–H and O–H groups in total. The Balaban J connectivity index is 2.36. The molecular formula is C16H26N2O. The summed E-state index contributed by atoms with van der Waals surface area (Å²) in [5.74, 6) is 0.660. The quantitative estimate of drug-likeness (QED) is 0.820. The van der Waals surface area contributed by atoms with E-state index in [2.05, 4.69) is 26.0 Å². The zero-order chi connectivity index (χ0) is 14.3. The minimum atomic E-state index is -0.391. The molecule has 0 aliphatic carbocycles. The van der Waals surface area contributed by atoms with Gasteiger partial charge in [-0.25, -0.2) is 0 Å². The third-order valence-electron chi connectivity index (χ3n) is 3.32. The number of benzene rings is 1. The van der Waals surface area contributed by atoms with Gasteiger partial charge in [0.15, 0.2) is 0 Å². The molecule has 1 amide bonds. The number of hydrogen-bond acceptors (Lipinski definition) is 2. The fraction of sp³-hybridized carbons (Fsp3) is 0.562. The van der Waals surface area contributed by atoms with E-state index in [1.807, 2.05) is 25.2 Å². The fourth-order valence-electron chi connectivity index (χ4n) is 1.94. The van der Waals surface area contributed by atoms with E-state index in [1.165, 1.54) is 5.56 Å². The predicted octanol–water partition coefficient (Wildman–Crippen LogP) is 2.45. The van der Waals surface area contributed by atoms with Crippen LogP contribution in [0.2, 0.25) is 0 Å². The summed E-state index contributed by atoms with van der Waals surface area (Å²) in [6.45, 7) is 5.11. The summed E-state index contributed by atoms with van der Waals surface area (Å²) < 4.78 is 0. The van der Waals surface area contributed by atoms with Gasteiger partial charge in [0.25, 0.3) is 0 Å². The summed E-state index contributed by atoms with van der Waals surface area (Å²) in [6, 6.07) is 9.76. The van der Waals surface area contributed by atoms with Crippen molar-refractivity contribution in [2.75, 3.05) is 13.6 Å². The number of amides is 1. The molecule has 0 aromatic heterocycles. The first kappa shape index (κ1) is 15.7. The number of aryl methyl sites for hydroxylation is 1. The van der Waals surface area contributed by atoms with E-state index in [-0.39, 0.29) is 5.91 Å². The average molecular weight is 262 g/mol. The van der Waals surface area contributed by atoms with Crippen molar-refractivity contribution in [2.45, 2.75) is 39.2 Å². The molecule has 0 spiro atoms. The van der Waals surface area contributed by atoms with Gasteiger partial charge in [-0.2, -0.15) is 0 Å². The van der Waals surface area contributed by atoms with Crippen molar-refractivity contribution < 1.29 is 4.79 Å². The minimum Gasteiger partial charge on any atom is -0.344 e. The zero-order valence-corrected chi connectivity index (χ0v) is 12.3. The summed E-state index contributed by atoms with van der Waals surface area (Å²) in [4.78, 5) is 13.8. The Morgan fingerprint density at radius 2 is 1.84 bits per heavy atom. The van der Waals surface area contributed by atoms with Gasteiger partial charge in [0.2, 0.25) is 5.91 Å². The van der Waals surface area contributed by atoms with E-state index < -0.39 is 6.04 Å². The second-order valence-corrected chi connectivity index (χ2v) is 5.57. The van der Waals surface area contributed by atoms with Crippen molar-refractivity contribution in [1.82, 2.24) is 4.90 Å². The van der Waals surface area contributed by atoms with Crippen LogP contribution in [0.5, 0.6) is 0 Å². The van der Waals surface area contributed by atoms with Gasteiger partial charge in [-0.15, -0.1) is 0 Å². The van der Waals surface area contributed by atoms with Gasteiger partial charge in [0.1, 0.15) is 0 Å². The molecular weight excluding hydrogens is 236 g/mol. The number of nitrogens with zero attached hydrogens (tertiary/aromatic N) is 1. The lowest BCUT2D eigenvalue weighted by Gasteiger charge is -2.22. The Bertz CT molecular complexity index is 376. The van der Waals surface area contributed by atoms with Crippen LogP contribution in [0.3, 0.4) is 0 Å². The summed E-state index contributed by atoms with van der Waals surface area (Å²) in [5, 5.41) is 0. The van der Waals surface area contributed by atoms with Crippen LogP contribution in [0.4, 0.5) is 0 Å². The van der Waals surface area contributed by atoms with Gasteiger partial charge in [-0.1, -0.05) is 44.2 Å². The molecule has 0 aliphatic rings. The summed E-state index contributed by atoms with van der Waals surface area (Å²) >= 11 is 0. The number of likely N-dealkylation sites (N-methyl/N-ethyl adjacent to an activating group) is 1. The zero-order valence-electron chi connectivity index (χ0n) is 12.3. The molecule has 1 aromatic rings. The number of carbonyl (C=O) groups is 1. The first-order valence-corrected chi connectivity index (χ1v) is 7.05. The Morgan fingerprint density at radius 1 is 1.21 bits per heavy atom. The molecule has 0 bridgehead atoms. The third kappa shape index (κ3) is 5.88. The van der Waals surface area contributed by atoms with Gasteiger partial charge >= 0.3 is 0 Å². The number of nitrogens with two attached hydrogens (primary N) is 1. The van der Waals surface area contributed by atoms with E-state index in [1.54, 1.807) is 4.90 Å². The Kier molecular flexibility index (Phi) is 6.57. The van der Waals surface area contributed by atoms with Crippen LogP contribution in [-0.4, -0.2) is 30.4 Å². The SMILES string of the molecule is CC(C)CCN(C)C(=O)[C@@H](N)CCc1ccccc1. The maximum Gasteiger partial charge on any atom is 0.239 e. The predicted molar refractivity (Wildman–Crippen MR) is 79.8 cm³/mol. The molecule has 0 heterocycles.